The number of rotatable bonds is 2. The Morgan fingerprint density at radius 2 is 1.83 bits per heavy atom. The number of hydrogen-bond donors (Lipinski definition) is 0. The first kappa shape index (κ1) is 11.1. The first-order valence-corrected chi connectivity index (χ1v) is 6.19. The topological polar surface area (TPSA) is 69.4 Å². The zero-order chi connectivity index (χ0) is 12.5. The third kappa shape index (κ3) is 1.92. The van der Waals surface area contributed by atoms with Gasteiger partial charge in [-0.05, 0) is 41.2 Å². The predicted octanol–water partition coefficient (Wildman–Crippen LogP) is 1.61. The van der Waals surface area contributed by atoms with Crippen LogP contribution in [0.15, 0.2) is 34.4 Å². The number of aromatic nitrogens is 6. The van der Waals surface area contributed by atoms with E-state index in [9.17, 15) is 0 Å². The molecule has 18 heavy (non-hydrogen) atoms. The third-order valence-electron chi connectivity index (χ3n) is 2.47. The summed E-state index contributed by atoms with van der Waals surface area (Å²) >= 11 is 1.42. The zero-order valence-electron chi connectivity index (χ0n) is 9.90. The lowest BCUT2D eigenvalue weighted by Gasteiger charge is -2.04. The second-order valence-corrected chi connectivity index (χ2v) is 4.75. The van der Waals surface area contributed by atoms with E-state index in [4.69, 9.17) is 0 Å². The molecule has 0 aliphatic carbocycles. The third-order valence-corrected chi connectivity index (χ3v) is 3.58. The highest BCUT2D eigenvalue weighted by Gasteiger charge is 2.10. The Balaban J connectivity index is 2.06. The smallest absolute Gasteiger partial charge is 0.215 e. The molecule has 1 aromatic carbocycles. The molecule has 0 saturated carbocycles. The molecule has 0 aliphatic heterocycles. The van der Waals surface area contributed by atoms with Gasteiger partial charge in [0.15, 0.2) is 0 Å². The number of benzene rings is 1. The standard InChI is InChI=1S/C11H10N6S/c1-7-10(18-11-14-15-16-17(11)2)13-9-6-4-3-5-8(9)12-7/h3-6H,1-2H3. The molecule has 0 atom stereocenters. The minimum Gasteiger partial charge on any atom is -0.249 e. The average Bonchev–Trinajstić information content (AvgIpc) is 2.76. The number of aryl methyl sites for hydroxylation is 2. The summed E-state index contributed by atoms with van der Waals surface area (Å²) in [5.74, 6) is 0. The molecule has 0 unspecified atom stereocenters. The van der Waals surface area contributed by atoms with Crippen LogP contribution in [-0.2, 0) is 7.05 Å². The minimum atomic E-state index is 0.697. The van der Waals surface area contributed by atoms with Crippen molar-refractivity contribution in [3.05, 3.63) is 30.0 Å². The fraction of sp³-hybridized carbons (Fsp3) is 0.182. The number of tetrazole rings is 1. The summed E-state index contributed by atoms with van der Waals surface area (Å²) in [4.78, 5) is 9.11. The minimum absolute atomic E-state index is 0.697. The van der Waals surface area contributed by atoms with Gasteiger partial charge in [0.2, 0.25) is 5.16 Å². The molecule has 6 nitrogen and oxygen atoms in total. The van der Waals surface area contributed by atoms with Gasteiger partial charge in [-0.1, -0.05) is 12.1 Å². The maximum absolute atomic E-state index is 4.58. The SMILES string of the molecule is Cc1nc2ccccc2nc1Sc1nnnn1C. The van der Waals surface area contributed by atoms with Gasteiger partial charge in [0.25, 0.3) is 0 Å². The second-order valence-electron chi connectivity index (χ2n) is 3.79. The van der Waals surface area contributed by atoms with Crippen molar-refractivity contribution in [2.45, 2.75) is 17.1 Å². The van der Waals surface area contributed by atoms with Gasteiger partial charge >= 0.3 is 0 Å². The lowest BCUT2D eigenvalue weighted by atomic mass is 10.3. The van der Waals surface area contributed by atoms with Crippen LogP contribution in [0.4, 0.5) is 0 Å². The first-order valence-electron chi connectivity index (χ1n) is 5.37. The van der Waals surface area contributed by atoms with Gasteiger partial charge in [0, 0.05) is 7.05 Å². The Morgan fingerprint density at radius 3 is 2.50 bits per heavy atom. The van der Waals surface area contributed by atoms with Gasteiger partial charge in [0.05, 0.1) is 16.7 Å². The Labute approximate surface area is 107 Å². The van der Waals surface area contributed by atoms with E-state index in [0.29, 0.717) is 5.16 Å². The van der Waals surface area contributed by atoms with Gasteiger partial charge in [-0.25, -0.2) is 14.6 Å². The van der Waals surface area contributed by atoms with Crippen LogP contribution in [0.25, 0.3) is 11.0 Å². The van der Waals surface area contributed by atoms with Crippen molar-refractivity contribution >= 4 is 22.8 Å². The summed E-state index contributed by atoms with van der Waals surface area (Å²) in [5.41, 5.74) is 2.65. The highest BCUT2D eigenvalue weighted by atomic mass is 32.2. The maximum Gasteiger partial charge on any atom is 0.215 e. The molecule has 0 fully saturated rings. The first-order chi connectivity index (χ1) is 8.74. The van der Waals surface area contributed by atoms with Gasteiger partial charge in [-0.2, -0.15) is 0 Å². The van der Waals surface area contributed by atoms with Crippen LogP contribution in [0.2, 0.25) is 0 Å². The summed E-state index contributed by atoms with van der Waals surface area (Å²) in [6.45, 7) is 1.94. The normalized spacial score (nSPS) is 11.0. The molecule has 90 valence electrons. The zero-order valence-corrected chi connectivity index (χ0v) is 10.7. The Kier molecular flexibility index (Phi) is 2.67. The Morgan fingerprint density at radius 1 is 1.11 bits per heavy atom. The van der Waals surface area contributed by atoms with E-state index in [1.807, 2.05) is 31.2 Å². The highest BCUT2D eigenvalue weighted by Crippen LogP contribution is 2.26. The molecule has 0 aliphatic rings. The molecule has 2 heterocycles. The van der Waals surface area contributed by atoms with Crippen LogP contribution < -0.4 is 0 Å². The largest absolute Gasteiger partial charge is 0.249 e. The molecule has 2 aromatic heterocycles. The van der Waals surface area contributed by atoms with Gasteiger partial charge in [-0.15, -0.1) is 5.10 Å². The van der Waals surface area contributed by atoms with E-state index in [-0.39, 0.29) is 0 Å². The number of para-hydroxylation sites is 2. The molecule has 7 heteroatoms. The van der Waals surface area contributed by atoms with Crippen LogP contribution in [-0.4, -0.2) is 30.2 Å². The fourth-order valence-corrected chi connectivity index (χ4v) is 2.32. The number of nitrogens with zero attached hydrogens (tertiary/aromatic N) is 6. The van der Waals surface area contributed by atoms with Crippen molar-refractivity contribution in [3.63, 3.8) is 0 Å². The van der Waals surface area contributed by atoms with Gasteiger partial charge in [-0.3, -0.25) is 0 Å². The summed E-state index contributed by atoms with van der Waals surface area (Å²) in [7, 11) is 1.80. The van der Waals surface area contributed by atoms with Crippen molar-refractivity contribution < 1.29 is 0 Å². The quantitative estimate of drug-likeness (QED) is 0.695. The van der Waals surface area contributed by atoms with Crippen LogP contribution in [0, 0.1) is 6.92 Å². The maximum atomic E-state index is 4.58. The summed E-state index contributed by atoms with van der Waals surface area (Å²) < 4.78 is 1.61. The van der Waals surface area contributed by atoms with Gasteiger partial charge in [0.1, 0.15) is 5.03 Å². The van der Waals surface area contributed by atoms with E-state index in [1.54, 1.807) is 11.7 Å². The average molecular weight is 258 g/mol. The van der Waals surface area contributed by atoms with Crippen LogP contribution in [0.3, 0.4) is 0 Å². The molecule has 0 bridgehead atoms. The molecule has 3 aromatic rings. The predicted molar refractivity (Wildman–Crippen MR) is 67.2 cm³/mol. The van der Waals surface area contributed by atoms with E-state index < -0.39 is 0 Å². The number of hydrogen-bond acceptors (Lipinski definition) is 6. The molecule has 3 rings (SSSR count). The molecule has 0 saturated heterocycles. The second kappa shape index (κ2) is 4.34. The Hall–Kier alpha value is -2.02. The van der Waals surface area contributed by atoms with Crippen LogP contribution in [0.5, 0.6) is 0 Å². The van der Waals surface area contributed by atoms with Crippen LogP contribution >= 0.6 is 11.8 Å². The van der Waals surface area contributed by atoms with E-state index in [2.05, 4.69) is 25.5 Å². The number of fused-ring (bicyclic) bond motifs is 1. The van der Waals surface area contributed by atoms with Crippen molar-refractivity contribution in [1.29, 1.82) is 0 Å². The molecular formula is C11H10N6S. The lowest BCUT2D eigenvalue weighted by molar-refractivity contribution is 0.664. The van der Waals surface area contributed by atoms with Crippen LogP contribution in [0.1, 0.15) is 5.69 Å². The molecular weight excluding hydrogens is 248 g/mol. The van der Waals surface area contributed by atoms with Crippen molar-refractivity contribution in [2.75, 3.05) is 0 Å². The Bertz CT molecular complexity index is 708. The molecule has 0 N–H and O–H groups in total. The van der Waals surface area contributed by atoms with E-state index in [0.717, 1.165) is 21.8 Å². The van der Waals surface area contributed by atoms with E-state index >= 15 is 0 Å². The van der Waals surface area contributed by atoms with Crippen molar-refractivity contribution in [3.8, 4) is 0 Å². The monoisotopic (exact) mass is 258 g/mol. The highest BCUT2D eigenvalue weighted by molar-refractivity contribution is 7.99. The van der Waals surface area contributed by atoms with Crippen molar-refractivity contribution in [1.82, 2.24) is 30.2 Å². The summed E-state index contributed by atoms with van der Waals surface area (Å²) in [6.07, 6.45) is 0. The van der Waals surface area contributed by atoms with E-state index in [1.165, 1.54) is 11.8 Å². The van der Waals surface area contributed by atoms with Crippen molar-refractivity contribution in [2.24, 2.45) is 7.05 Å². The van der Waals surface area contributed by atoms with Gasteiger partial charge < -0.3 is 0 Å². The molecule has 0 amide bonds. The molecule has 0 spiro atoms. The summed E-state index contributed by atoms with van der Waals surface area (Å²) in [5, 5.41) is 12.8. The lowest BCUT2D eigenvalue weighted by Crippen LogP contribution is -1.96. The fourth-order valence-electron chi connectivity index (χ4n) is 1.56. The molecule has 0 radical (unpaired) electrons. The summed E-state index contributed by atoms with van der Waals surface area (Å²) in [6, 6.07) is 7.80.